The number of halogens is 4. The molecule has 0 saturated carbocycles. The van der Waals surface area contributed by atoms with Crippen molar-refractivity contribution in [1.82, 2.24) is 4.90 Å². The normalized spacial score (nSPS) is 17.9. The molecule has 0 spiro atoms. The molecule has 0 bridgehead atoms. The van der Waals surface area contributed by atoms with Gasteiger partial charge in [0.1, 0.15) is 5.82 Å². The third-order valence-corrected chi connectivity index (χ3v) is 4.05. The van der Waals surface area contributed by atoms with Crippen LogP contribution in [-0.2, 0) is 0 Å². The summed E-state index contributed by atoms with van der Waals surface area (Å²) in [6.07, 6.45) is -6.88. The maximum absolute atomic E-state index is 13.2. The van der Waals surface area contributed by atoms with Crippen LogP contribution >= 0.6 is 0 Å². The molecule has 2 amide bonds. The second-order valence-electron chi connectivity index (χ2n) is 5.70. The number of likely N-dealkylation sites (tertiary alicyclic amines) is 1. The van der Waals surface area contributed by atoms with Gasteiger partial charge in [-0.3, -0.25) is 0 Å². The fourth-order valence-electron chi connectivity index (χ4n) is 2.61. The first kappa shape index (κ1) is 17.5. The van der Waals surface area contributed by atoms with Crippen LogP contribution in [0.25, 0.3) is 0 Å². The predicted molar refractivity (Wildman–Crippen MR) is 76.5 cm³/mol. The summed E-state index contributed by atoms with van der Waals surface area (Å²) in [4.78, 5) is 13.5. The smallest absolute Gasteiger partial charge is 0.383 e. The van der Waals surface area contributed by atoms with Crippen molar-refractivity contribution < 1.29 is 27.5 Å². The monoisotopic (exact) mass is 334 g/mol. The number of hydrogen-bond acceptors (Lipinski definition) is 2. The zero-order valence-corrected chi connectivity index (χ0v) is 12.5. The lowest BCUT2D eigenvalue weighted by atomic mass is 9.91. The van der Waals surface area contributed by atoms with Crippen LogP contribution in [0.4, 0.5) is 28.0 Å². The molecule has 0 radical (unpaired) electrons. The van der Waals surface area contributed by atoms with E-state index < -0.39 is 30.0 Å². The van der Waals surface area contributed by atoms with Gasteiger partial charge in [0, 0.05) is 18.8 Å². The summed E-state index contributed by atoms with van der Waals surface area (Å²) in [6.45, 7) is 1.93. The second-order valence-corrected chi connectivity index (χ2v) is 5.70. The largest absolute Gasteiger partial charge is 0.414 e. The molecule has 0 aromatic heterocycles. The molecule has 1 aromatic rings. The zero-order chi connectivity index (χ0) is 17.2. The molecule has 23 heavy (non-hydrogen) atoms. The van der Waals surface area contributed by atoms with Crippen molar-refractivity contribution in [2.24, 2.45) is 5.92 Å². The van der Waals surface area contributed by atoms with Crippen molar-refractivity contribution in [3.05, 3.63) is 29.6 Å². The summed E-state index contributed by atoms with van der Waals surface area (Å²) in [5.41, 5.74) is 1.01. The molecule has 1 fully saturated rings. The SMILES string of the molecule is Cc1ccc(F)cc1NC(=O)N1CCC(C(O)C(F)(F)F)CC1. The van der Waals surface area contributed by atoms with Crippen LogP contribution in [0.3, 0.4) is 0 Å². The number of aliphatic hydroxyl groups is 1. The molecule has 8 heteroatoms. The van der Waals surface area contributed by atoms with Crippen LogP contribution in [0.2, 0.25) is 0 Å². The van der Waals surface area contributed by atoms with E-state index >= 15 is 0 Å². The zero-order valence-electron chi connectivity index (χ0n) is 12.5. The van der Waals surface area contributed by atoms with Gasteiger partial charge >= 0.3 is 12.2 Å². The molecule has 128 valence electrons. The number of carbonyl (C=O) groups excluding carboxylic acids is 1. The van der Waals surface area contributed by atoms with E-state index in [2.05, 4.69) is 5.32 Å². The first-order valence-corrected chi connectivity index (χ1v) is 7.25. The topological polar surface area (TPSA) is 52.6 Å². The lowest BCUT2D eigenvalue weighted by Gasteiger charge is -2.34. The number of piperidine rings is 1. The Balaban J connectivity index is 1.92. The second kappa shape index (κ2) is 6.74. The van der Waals surface area contributed by atoms with Crippen LogP contribution in [0, 0.1) is 18.7 Å². The Bertz CT molecular complexity index is 569. The highest BCUT2D eigenvalue weighted by Crippen LogP contribution is 2.31. The maximum Gasteiger partial charge on any atom is 0.414 e. The highest BCUT2D eigenvalue weighted by atomic mass is 19.4. The van der Waals surface area contributed by atoms with Gasteiger partial charge in [-0.25, -0.2) is 9.18 Å². The van der Waals surface area contributed by atoms with Crippen LogP contribution in [0.1, 0.15) is 18.4 Å². The molecule has 1 atom stereocenters. The van der Waals surface area contributed by atoms with E-state index in [0.717, 1.165) is 0 Å². The quantitative estimate of drug-likeness (QED) is 0.816. The van der Waals surface area contributed by atoms with E-state index in [9.17, 15) is 27.5 Å². The fraction of sp³-hybridized carbons (Fsp3) is 0.533. The number of anilines is 1. The lowest BCUT2D eigenvalue weighted by molar-refractivity contribution is -0.222. The van der Waals surface area contributed by atoms with Crippen LogP contribution < -0.4 is 5.32 Å². The Morgan fingerprint density at radius 1 is 1.35 bits per heavy atom. The Hall–Kier alpha value is -1.83. The van der Waals surface area contributed by atoms with Crippen molar-refractivity contribution in [3.63, 3.8) is 0 Å². The summed E-state index contributed by atoms with van der Waals surface area (Å²) in [7, 11) is 0. The number of hydrogen-bond donors (Lipinski definition) is 2. The average Bonchev–Trinajstić information content (AvgIpc) is 2.49. The number of rotatable bonds is 2. The molecular weight excluding hydrogens is 316 g/mol. The van der Waals surface area contributed by atoms with Gasteiger partial charge in [-0.15, -0.1) is 0 Å². The number of nitrogens with zero attached hydrogens (tertiary/aromatic N) is 1. The van der Waals surface area contributed by atoms with Crippen molar-refractivity contribution in [3.8, 4) is 0 Å². The molecule has 2 N–H and O–H groups in total. The Labute approximate surface area is 131 Å². The van der Waals surface area contributed by atoms with E-state index in [-0.39, 0.29) is 25.9 Å². The Morgan fingerprint density at radius 2 is 1.96 bits per heavy atom. The average molecular weight is 334 g/mol. The summed E-state index contributed by atoms with van der Waals surface area (Å²) in [5.74, 6) is -1.40. The molecule has 4 nitrogen and oxygen atoms in total. The molecule has 1 unspecified atom stereocenters. The van der Waals surface area contributed by atoms with E-state index in [0.29, 0.717) is 11.3 Å². The number of aryl methyl sites for hydroxylation is 1. The minimum absolute atomic E-state index is 0.0657. The van der Waals surface area contributed by atoms with Gasteiger partial charge < -0.3 is 15.3 Å². The molecule has 1 heterocycles. The highest BCUT2D eigenvalue weighted by Gasteiger charge is 2.44. The van der Waals surface area contributed by atoms with Gasteiger partial charge in [-0.2, -0.15) is 13.2 Å². The minimum Gasteiger partial charge on any atom is -0.383 e. The number of carbonyl (C=O) groups is 1. The Kier molecular flexibility index (Phi) is 5.13. The lowest BCUT2D eigenvalue weighted by Crippen LogP contribution is -2.46. The van der Waals surface area contributed by atoms with Crippen molar-refractivity contribution in [2.45, 2.75) is 32.0 Å². The predicted octanol–water partition coefficient (Wildman–Crippen LogP) is 3.30. The minimum atomic E-state index is -4.65. The molecule has 1 aliphatic rings. The summed E-state index contributed by atoms with van der Waals surface area (Å²) in [6, 6.07) is 3.50. The number of urea groups is 1. The van der Waals surface area contributed by atoms with E-state index in [1.165, 1.54) is 23.1 Å². The molecule has 1 aromatic carbocycles. The van der Waals surface area contributed by atoms with E-state index in [1.807, 2.05) is 0 Å². The Morgan fingerprint density at radius 3 is 2.52 bits per heavy atom. The fourth-order valence-corrected chi connectivity index (χ4v) is 2.61. The third kappa shape index (κ3) is 4.34. The molecule has 1 aliphatic heterocycles. The van der Waals surface area contributed by atoms with Crippen LogP contribution in [0.15, 0.2) is 18.2 Å². The summed E-state index contributed by atoms with van der Waals surface area (Å²) < 4.78 is 50.6. The molecular formula is C15H18F4N2O2. The molecule has 2 rings (SSSR count). The summed E-state index contributed by atoms with van der Waals surface area (Å²) >= 11 is 0. The third-order valence-electron chi connectivity index (χ3n) is 4.05. The van der Waals surface area contributed by atoms with Gasteiger partial charge in [0.05, 0.1) is 0 Å². The van der Waals surface area contributed by atoms with Crippen LogP contribution in [-0.4, -0.2) is 41.4 Å². The van der Waals surface area contributed by atoms with E-state index in [4.69, 9.17) is 0 Å². The number of aliphatic hydroxyl groups excluding tert-OH is 1. The first-order valence-electron chi connectivity index (χ1n) is 7.25. The standard InChI is InChI=1S/C15H18F4N2O2/c1-9-2-3-11(16)8-12(9)20-14(23)21-6-4-10(5-7-21)13(22)15(17,18)19/h2-3,8,10,13,22H,4-7H2,1H3,(H,20,23). The van der Waals surface area contributed by atoms with Gasteiger partial charge in [0.25, 0.3) is 0 Å². The van der Waals surface area contributed by atoms with Gasteiger partial charge in [0.2, 0.25) is 0 Å². The number of nitrogens with one attached hydrogen (secondary N) is 1. The first-order chi connectivity index (χ1) is 10.7. The number of alkyl halides is 3. The van der Waals surface area contributed by atoms with Crippen molar-refractivity contribution >= 4 is 11.7 Å². The van der Waals surface area contributed by atoms with Crippen molar-refractivity contribution in [1.29, 1.82) is 0 Å². The van der Waals surface area contributed by atoms with Crippen LogP contribution in [0.5, 0.6) is 0 Å². The van der Waals surface area contributed by atoms with Gasteiger partial charge in [-0.1, -0.05) is 6.07 Å². The van der Waals surface area contributed by atoms with Crippen molar-refractivity contribution in [2.75, 3.05) is 18.4 Å². The molecule has 1 saturated heterocycles. The highest BCUT2D eigenvalue weighted by molar-refractivity contribution is 5.90. The van der Waals surface area contributed by atoms with Gasteiger partial charge in [0.15, 0.2) is 6.10 Å². The maximum atomic E-state index is 13.2. The van der Waals surface area contributed by atoms with Gasteiger partial charge in [-0.05, 0) is 43.4 Å². The molecule has 0 aliphatic carbocycles. The summed E-state index contributed by atoms with van der Waals surface area (Å²) in [5, 5.41) is 11.8. The van der Waals surface area contributed by atoms with E-state index in [1.54, 1.807) is 6.92 Å². The number of benzene rings is 1. The number of amides is 2.